The van der Waals surface area contributed by atoms with Crippen molar-refractivity contribution in [3.8, 4) is 17.2 Å². The molecule has 3 heterocycles. The van der Waals surface area contributed by atoms with E-state index in [4.69, 9.17) is 9.97 Å². The van der Waals surface area contributed by atoms with Gasteiger partial charge in [0.05, 0.1) is 39.0 Å². The van der Waals surface area contributed by atoms with Crippen LogP contribution in [-0.4, -0.2) is 14.5 Å². The van der Waals surface area contributed by atoms with E-state index in [1.54, 1.807) is 0 Å². The number of para-hydroxylation sites is 4. The Bertz CT molecular complexity index is 1900. The van der Waals surface area contributed by atoms with E-state index >= 15 is 0 Å². The summed E-state index contributed by atoms with van der Waals surface area (Å²) < 4.78 is 2.19. The summed E-state index contributed by atoms with van der Waals surface area (Å²) in [5, 5.41) is 3.48. The molecule has 4 heteroatoms. The molecule has 0 N–H and O–H groups in total. The van der Waals surface area contributed by atoms with E-state index in [0.717, 1.165) is 50.3 Å². The van der Waals surface area contributed by atoms with Crippen molar-refractivity contribution < 1.29 is 0 Å². The van der Waals surface area contributed by atoms with Crippen molar-refractivity contribution in [2.45, 2.75) is 0 Å². The Labute approximate surface area is 207 Å². The molecule has 0 aliphatic carbocycles. The minimum Gasteiger partial charge on any atom is -0.309 e. The van der Waals surface area contributed by atoms with Gasteiger partial charge in [-0.2, -0.15) is 0 Å². The van der Waals surface area contributed by atoms with Crippen LogP contribution in [0.3, 0.4) is 0 Å². The van der Waals surface area contributed by atoms with Crippen molar-refractivity contribution in [1.82, 2.24) is 14.5 Å². The van der Waals surface area contributed by atoms with Gasteiger partial charge in [-0.25, -0.2) is 9.97 Å². The SMILES string of the molecule is c1ccc(N2c3ccccc3-c3nc(-n4c5ccccc5c5ccccc54)nc4cccc2c34)cc1. The summed E-state index contributed by atoms with van der Waals surface area (Å²) in [7, 11) is 0. The van der Waals surface area contributed by atoms with E-state index in [1.165, 1.54) is 10.8 Å². The molecular formula is C32H20N4. The zero-order valence-corrected chi connectivity index (χ0v) is 19.3. The van der Waals surface area contributed by atoms with Gasteiger partial charge in [-0.1, -0.05) is 78.9 Å². The molecular weight excluding hydrogens is 440 g/mol. The maximum absolute atomic E-state index is 5.27. The normalized spacial score (nSPS) is 12.4. The summed E-state index contributed by atoms with van der Waals surface area (Å²) in [6, 6.07) is 42.3. The Kier molecular flexibility index (Phi) is 3.91. The number of hydrogen-bond acceptors (Lipinski definition) is 3. The molecule has 5 aromatic carbocycles. The molecule has 0 saturated carbocycles. The molecule has 0 bridgehead atoms. The lowest BCUT2D eigenvalue weighted by atomic mass is 9.96. The Balaban J connectivity index is 1.49. The zero-order valence-electron chi connectivity index (χ0n) is 19.3. The van der Waals surface area contributed by atoms with Crippen LogP contribution in [0.15, 0.2) is 121 Å². The third kappa shape index (κ3) is 2.58. The number of anilines is 3. The first kappa shape index (κ1) is 19.4. The van der Waals surface area contributed by atoms with E-state index in [1.807, 2.05) is 0 Å². The molecule has 7 aromatic rings. The van der Waals surface area contributed by atoms with Crippen LogP contribution in [0, 0.1) is 0 Å². The van der Waals surface area contributed by atoms with Gasteiger partial charge in [0.15, 0.2) is 0 Å². The number of benzene rings is 5. The zero-order chi connectivity index (χ0) is 23.6. The van der Waals surface area contributed by atoms with Crippen LogP contribution in [0.25, 0.3) is 49.9 Å². The molecule has 0 unspecified atom stereocenters. The molecule has 0 radical (unpaired) electrons. The van der Waals surface area contributed by atoms with Crippen molar-refractivity contribution in [2.75, 3.05) is 4.90 Å². The Hall–Kier alpha value is -4.96. The van der Waals surface area contributed by atoms with Crippen LogP contribution >= 0.6 is 0 Å². The van der Waals surface area contributed by atoms with Gasteiger partial charge in [-0.05, 0) is 42.5 Å². The summed E-state index contributed by atoms with van der Waals surface area (Å²) in [4.78, 5) is 12.7. The van der Waals surface area contributed by atoms with E-state index in [0.29, 0.717) is 5.95 Å². The predicted molar refractivity (Wildman–Crippen MR) is 148 cm³/mol. The fraction of sp³-hybridized carbons (Fsp3) is 0. The van der Waals surface area contributed by atoms with Crippen molar-refractivity contribution >= 4 is 49.8 Å². The fourth-order valence-corrected chi connectivity index (χ4v) is 5.63. The van der Waals surface area contributed by atoms with Gasteiger partial charge in [-0.3, -0.25) is 4.57 Å². The lowest BCUT2D eigenvalue weighted by Crippen LogP contribution is -2.16. The van der Waals surface area contributed by atoms with Gasteiger partial charge >= 0.3 is 0 Å². The molecule has 168 valence electrons. The summed E-state index contributed by atoms with van der Waals surface area (Å²) in [5.74, 6) is 0.690. The van der Waals surface area contributed by atoms with Crippen LogP contribution in [-0.2, 0) is 0 Å². The molecule has 8 rings (SSSR count). The minimum atomic E-state index is 0.690. The molecule has 1 aliphatic heterocycles. The second kappa shape index (κ2) is 7.27. The Morgan fingerprint density at radius 3 is 1.92 bits per heavy atom. The van der Waals surface area contributed by atoms with Gasteiger partial charge in [0.25, 0.3) is 0 Å². The van der Waals surface area contributed by atoms with E-state index < -0.39 is 0 Å². The first-order valence-corrected chi connectivity index (χ1v) is 12.1. The molecule has 0 saturated heterocycles. The van der Waals surface area contributed by atoms with E-state index in [-0.39, 0.29) is 0 Å². The van der Waals surface area contributed by atoms with Gasteiger partial charge in [0.2, 0.25) is 5.95 Å². The van der Waals surface area contributed by atoms with Gasteiger partial charge in [0, 0.05) is 22.0 Å². The van der Waals surface area contributed by atoms with Crippen molar-refractivity contribution in [3.63, 3.8) is 0 Å². The van der Waals surface area contributed by atoms with Gasteiger partial charge in [-0.15, -0.1) is 0 Å². The number of rotatable bonds is 2. The average molecular weight is 461 g/mol. The first-order chi connectivity index (χ1) is 17.9. The lowest BCUT2D eigenvalue weighted by Gasteiger charge is -2.32. The van der Waals surface area contributed by atoms with Crippen molar-refractivity contribution in [3.05, 3.63) is 121 Å². The van der Waals surface area contributed by atoms with Crippen LogP contribution < -0.4 is 4.90 Å². The predicted octanol–water partition coefficient (Wildman–Crippen LogP) is 8.18. The van der Waals surface area contributed by atoms with Crippen LogP contribution in [0.5, 0.6) is 0 Å². The van der Waals surface area contributed by atoms with Crippen LogP contribution in [0.4, 0.5) is 17.1 Å². The molecule has 0 fully saturated rings. The monoisotopic (exact) mass is 460 g/mol. The number of fused-ring (bicyclic) bond motifs is 5. The standard InChI is InChI=1S/C32H20N4/c1-2-11-21(12-3-1)35-28-19-9-6-15-24(28)31-30-25(16-10-20-29(30)35)33-32(34-31)36-26-17-7-4-13-22(26)23-14-5-8-18-27(23)36/h1-20H. The van der Waals surface area contributed by atoms with E-state index in [9.17, 15) is 0 Å². The first-order valence-electron chi connectivity index (χ1n) is 12.1. The fourth-order valence-electron chi connectivity index (χ4n) is 5.63. The van der Waals surface area contributed by atoms with Gasteiger partial charge in [0.1, 0.15) is 0 Å². The topological polar surface area (TPSA) is 34.0 Å². The lowest BCUT2D eigenvalue weighted by molar-refractivity contribution is 1.01. The second-order valence-electron chi connectivity index (χ2n) is 9.10. The highest BCUT2D eigenvalue weighted by atomic mass is 15.2. The smallest absolute Gasteiger partial charge is 0.235 e. The highest BCUT2D eigenvalue weighted by Gasteiger charge is 2.28. The summed E-state index contributed by atoms with van der Waals surface area (Å²) in [5.41, 5.74) is 8.56. The average Bonchev–Trinajstić information content (AvgIpc) is 3.28. The number of nitrogens with zero attached hydrogens (tertiary/aromatic N) is 4. The maximum atomic E-state index is 5.27. The summed E-state index contributed by atoms with van der Waals surface area (Å²) in [6.45, 7) is 0. The van der Waals surface area contributed by atoms with Crippen LogP contribution in [0.1, 0.15) is 0 Å². The molecule has 4 nitrogen and oxygen atoms in total. The summed E-state index contributed by atoms with van der Waals surface area (Å²) in [6.07, 6.45) is 0. The second-order valence-corrected chi connectivity index (χ2v) is 9.10. The molecule has 2 aromatic heterocycles. The number of hydrogen-bond donors (Lipinski definition) is 0. The quantitative estimate of drug-likeness (QED) is 0.261. The highest BCUT2D eigenvalue weighted by molar-refractivity contribution is 6.12. The highest BCUT2D eigenvalue weighted by Crippen LogP contribution is 2.49. The van der Waals surface area contributed by atoms with Gasteiger partial charge < -0.3 is 4.90 Å². The maximum Gasteiger partial charge on any atom is 0.235 e. The third-order valence-corrected chi connectivity index (χ3v) is 7.12. The molecule has 0 spiro atoms. The molecule has 0 atom stereocenters. The van der Waals surface area contributed by atoms with Crippen LogP contribution in [0.2, 0.25) is 0 Å². The molecule has 36 heavy (non-hydrogen) atoms. The summed E-state index contributed by atoms with van der Waals surface area (Å²) >= 11 is 0. The Morgan fingerprint density at radius 2 is 1.14 bits per heavy atom. The minimum absolute atomic E-state index is 0.690. The van der Waals surface area contributed by atoms with E-state index in [2.05, 4.69) is 131 Å². The largest absolute Gasteiger partial charge is 0.309 e. The van der Waals surface area contributed by atoms with Crippen molar-refractivity contribution in [2.24, 2.45) is 0 Å². The third-order valence-electron chi connectivity index (χ3n) is 7.12. The molecule has 0 amide bonds. The number of aromatic nitrogens is 3. The molecule has 1 aliphatic rings. The van der Waals surface area contributed by atoms with Crippen molar-refractivity contribution in [1.29, 1.82) is 0 Å². The Morgan fingerprint density at radius 1 is 0.500 bits per heavy atom.